The Morgan fingerprint density at radius 1 is 1.37 bits per heavy atom. The second kappa shape index (κ2) is 6.50. The minimum absolute atomic E-state index is 0.0186. The quantitative estimate of drug-likeness (QED) is 0.590. The molecule has 0 spiro atoms. The summed E-state index contributed by atoms with van der Waals surface area (Å²) in [4.78, 5) is 11.7. The first-order valence-electron chi connectivity index (χ1n) is 6.04. The number of hydrogen-bond acceptors (Lipinski definition) is 3. The molecule has 19 heavy (non-hydrogen) atoms. The van der Waals surface area contributed by atoms with Crippen molar-refractivity contribution in [3.63, 3.8) is 0 Å². The normalized spacial score (nSPS) is 11.3. The van der Waals surface area contributed by atoms with Crippen molar-refractivity contribution in [1.29, 1.82) is 0 Å². The average Bonchev–Trinajstić information content (AvgIpc) is 2.43. The molecule has 0 fully saturated rings. The van der Waals surface area contributed by atoms with Gasteiger partial charge < -0.3 is 0 Å². The van der Waals surface area contributed by atoms with Gasteiger partial charge in [0.2, 0.25) is 10.0 Å². The maximum atomic E-state index is 12.3. The molecular formula is C14H17NO3S. The van der Waals surface area contributed by atoms with Crippen LogP contribution >= 0.6 is 0 Å². The fraction of sp³-hybridized carbons (Fsp3) is 0.357. The van der Waals surface area contributed by atoms with Gasteiger partial charge in [0.25, 0.3) is 0 Å². The van der Waals surface area contributed by atoms with Gasteiger partial charge in [-0.3, -0.25) is 4.79 Å². The van der Waals surface area contributed by atoms with Gasteiger partial charge in [0.05, 0.1) is 11.4 Å². The summed E-state index contributed by atoms with van der Waals surface area (Å²) in [5, 5.41) is 0. The number of carbonyl (C=O) groups is 1. The predicted octanol–water partition coefficient (Wildman–Crippen LogP) is 1.92. The fourth-order valence-electron chi connectivity index (χ4n) is 1.65. The zero-order valence-corrected chi connectivity index (χ0v) is 11.9. The first kappa shape index (κ1) is 15.4. The van der Waals surface area contributed by atoms with Gasteiger partial charge in [-0.05, 0) is 12.1 Å². The van der Waals surface area contributed by atoms with E-state index in [4.69, 9.17) is 6.42 Å². The number of Topliss-reactive ketones (excluding diaryl/α,β-unsaturated/α-hetero) is 1. The van der Waals surface area contributed by atoms with Crippen LogP contribution in [0, 0.1) is 12.3 Å². The number of nitrogens with zero attached hydrogens (tertiary/aromatic N) is 1. The third-order valence-electron chi connectivity index (χ3n) is 2.74. The molecule has 0 N–H and O–H groups in total. The lowest BCUT2D eigenvalue weighted by Crippen LogP contribution is -2.31. The predicted molar refractivity (Wildman–Crippen MR) is 74.3 cm³/mol. The van der Waals surface area contributed by atoms with E-state index in [0.717, 1.165) is 0 Å². The highest BCUT2D eigenvalue weighted by atomic mass is 32.2. The van der Waals surface area contributed by atoms with Crippen LogP contribution in [-0.4, -0.2) is 31.6 Å². The van der Waals surface area contributed by atoms with Crippen molar-refractivity contribution in [2.45, 2.75) is 25.2 Å². The lowest BCUT2D eigenvalue weighted by atomic mass is 10.1. The molecule has 0 unspecified atom stereocenters. The molecule has 4 nitrogen and oxygen atoms in total. The maximum absolute atomic E-state index is 12.3. The van der Waals surface area contributed by atoms with Gasteiger partial charge in [-0.2, -0.15) is 4.31 Å². The summed E-state index contributed by atoms with van der Waals surface area (Å²) in [6.07, 6.45) is 5.51. The molecule has 102 valence electrons. The summed E-state index contributed by atoms with van der Waals surface area (Å²) in [6.45, 7) is 3.76. The number of rotatable bonds is 6. The smallest absolute Gasteiger partial charge is 0.243 e. The Morgan fingerprint density at radius 2 is 2.05 bits per heavy atom. The number of benzene rings is 1. The van der Waals surface area contributed by atoms with Crippen LogP contribution < -0.4 is 0 Å². The Kier molecular flexibility index (Phi) is 5.28. The largest absolute Gasteiger partial charge is 0.294 e. The minimum Gasteiger partial charge on any atom is -0.294 e. The van der Waals surface area contributed by atoms with Crippen LogP contribution in [0.5, 0.6) is 0 Å². The molecule has 0 saturated heterocycles. The van der Waals surface area contributed by atoms with Gasteiger partial charge in [-0.25, -0.2) is 8.42 Å². The highest BCUT2D eigenvalue weighted by molar-refractivity contribution is 7.89. The zero-order valence-electron chi connectivity index (χ0n) is 11.1. The molecule has 0 aliphatic heterocycles. The van der Waals surface area contributed by atoms with Crippen LogP contribution in [0.15, 0.2) is 29.2 Å². The summed E-state index contributed by atoms with van der Waals surface area (Å²) in [6, 6.07) is 6.06. The van der Waals surface area contributed by atoms with Crippen LogP contribution in [0.4, 0.5) is 0 Å². The van der Waals surface area contributed by atoms with Gasteiger partial charge in [0.15, 0.2) is 5.78 Å². The Morgan fingerprint density at radius 3 is 2.58 bits per heavy atom. The van der Waals surface area contributed by atoms with Crippen molar-refractivity contribution in [2.24, 2.45) is 0 Å². The first-order chi connectivity index (χ1) is 8.97. The molecule has 0 aliphatic rings. The van der Waals surface area contributed by atoms with E-state index >= 15 is 0 Å². The van der Waals surface area contributed by atoms with Crippen molar-refractivity contribution in [2.75, 3.05) is 13.1 Å². The van der Waals surface area contributed by atoms with Gasteiger partial charge >= 0.3 is 0 Å². The fourth-order valence-corrected chi connectivity index (χ4v) is 3.06. The number of ketones is 1. The van der Waals surface area contributed by atoms with E-state index in [-0.39, 0.29) is 17.2 Å². The van der Waals surface area contributed by atoms with Crippen LogP contribution in [0.3, 0.4) is 0 Å². The van der Waals surface area contributed by atoms with Crippen LogP contribution in [-0.2, 0) is 10.0 Å². The van der Waals surface area contributed by atoms with Gasteiger partial charge in [0, 0.05) is 18.5 Å². The monoisotopic (exact) mass is 279 g/mol. The Hall–Kier alpha value is -1.64. The molecule has 1 aromatic carbocycles. The van der Waals surface area contributed by atoms with Crippen molar-refractivity contribution in [3.05, 3.63) is 29.8 Å². The minimum atomic E-state index is -3.64. The van der Waals surface area contributed by atoms with E-state index in [1.807, 2.05) is 0 Å². The highest BCUT2D eigenvalue weighted by Gasteiger charge is 2.22. The molecule has 1 aromatic rings. The summed E-state index contributed by atoms with van der Waals surface area (Å²) < 4.78 is 25.9. The molecule has 0 saturated carbocycles. The molecule has 0 radical (unpaired) electrons. The maximum Gasteiger partial charge on any atom is 0.243 e. The van der Waals surface area contributed by atoms with Gasteiger partial charge in [0.1, 0.15) is 0 Å². The molecule has 0 bridgehead atoms. The van der Waals surface area contributed by atoms with E-state index in [9.17, 15) is 13.2 Å². The average molecular weight is 279 g/mol. The molecular weight excluding hydrogens is 262 g/mol. The number of sulfonamides is 1. The lowest BCUT2D eigenvalue weighted by Gasteiger charge is -2.18. The summed E-state index contributed by atoms with van der Waals surface area (Å²) in [5.74, 6) is 2.24. The number of hydrogen-bond donors (Lipinski definition) is 0. The first-order valence-corrected chi connectivity index (χ1v) is 7.48. The third kappa shape index (κ3) is 3.43. The van der Waals surface area contributed by atoms with Crippen LogP contribution in [0.2, 0.25) is 0 Å². The Labute approximate surface area is 114 Å². The molecule has 1 rings (SSSR count). The standard InChI is InChI=1S/C14H17NO3S/c1-4-10-15(6-3)19(17,18)13-9-7-8-12(11-13)14(16)5-2/h1,7-9,11H,5-6,10H2,2-3H3. The Bertz CT molecular complexity index is 599. The van der Waals surface area contributed by atoms with Crippen LogP contribution in [0.25, 0.3) is 0 Å². The van der Waals surface area contributed by atoms with Crippen molar-refractivity contribution < 1.29 is 13.2 Å². The molecule has 0 aliphatic carbocycles. The molecule has 0 atom stereocenters. The molecule has 0 heterocycles. The van der Waals surface area contributed by atoms with E-state index in [0.29, 0.717) is 18.5 Å². The van der Waals surface area contributed by atoms with E-state index in [1.165, 1.54) is 16.4 Å². The van der Waals surface area contributed by atoms with Gasteiger partial charge in [-0.1, -0.05) is 31.9 Å². The van der Waals surface area contributed by atoms with Gasteiger partial charge in [-0.15, -0.1) is 6.42 Å². The highest BCUT2D eigenvalue weighted by Crippen LogP contribution is 2.17. The number of carbonyl (C=O) groups excluding carboxylic acids is 1. The summed E-state index contributed by atoms with van der Waals surface area (Å²) in [5.41, 5.74) is 0.403. The SMILES string of the molecule is C#CCN(CC)S(=O)(=O)c1cccc(C(=O)CC)c1. The van der Waals surface area contributed by atoms with Crippen molar-refractivity contribution >= 4 is 15.8 Å². The Balaban J connectivity index is 3.22. The van der Waals surface area contributed by atoms with E-state index in [1.54, 1.807) is 26.0 Å². The topological polar surface area (TPSA) is 54.5 Å². The lowest BCUT2D eigenvalue weighted by molar-refractivity contribution is 0.0988. The summed E-state index contributed by atoms with van der Waals surface area (Å²) >= 11 is 0. The second-order valence-corrected chi connectivity index (χ2v) is 5.88. The van der Waals surface area contributed by atoms with Crippen molar-refractivity contribution in [1.82, 2.24) is 4.31 Å². The second-order valence-electron chi connectivity index (χ2n) is 3.94. The zero-order chi connectivity index (χ0) is 14.5. The molecule has 5 heteroatoms. The van der Waals surface area contributed by atoms with Crippen LogP contribution in [0.1, 0.15) is 30.6 Å². The van der Waals surface area contributed by atoms with Crippen molar-refractivity contribution in [3.8, 4) is 12.3 Å². The molecule has 0 aromatic heterocycles. The summed E-state index contributed by atoms with van der Waals surface area (Å²) in [7, 11) is -3.64. The van der Waals surface area contributed by atoms with E-state index in [2.05, 4.69) is 5.92 Å². The molecule has 0 amide bonds. The number of terminal acetylenes is 1. The third-order valence-corrected chi connectivity index (χ3v) is 4.65. The van der Waals surface area contributed by atoms with E-state index < -0.39 is 10.0 Å².